The van der Waals surface area contributed by atoms with Gasteiger partial charge >= 0.3 is 5.97 Å². The summed E-state index contributed by atoms with van der Waals surface area (Å²) in [5.74, 6) is -0.00851. The van der Waals surface area contributed by atoms with Gasteiger partial charge in [0.2, 0.25) is 0 Å². The first kappa shape index (κ1) is 14.9. The number of ether oxygens (including phenoxy) is 1. The molecule has 108 valence electrons. The zero-order valence-electron chi connectivity index (χ0n) is 11.1. The number of benzene rings is 1. The molecule has 3 rings (SSSR count). The maximum Gasteiger partial charge on any atom is 0.336 e. The van der Waals surface area contributed by atoms with Crippen LogP contribution in [0.25, 0.3) is 22.4 Å². The fourth-order valence-electron chi connectivity index (χ4n) is 2.08. The largest absolute Gasteiger partial charge is 0.493 e. The summed E-state index contributed by atoms with van der Waals surface area (Å²) < 4.78 is 10.9. The summed E-state index contributed by atoms with van der Waals surface area (Å²) in [6.45, 7) is 0. The molecule has 0 atom stereocenters. The number of aromatic nitrogens is 1. The van der Waals surface area contributed by atoms with Gasteiger partial charge in [0.15, 0.2) is 17.1 Å². The summed E-state index contributed by atoms with van der Waals surface area (Å²) in [6.07, 6.45) is 1.65. The van der Waals surface area contributed by atoms with Crippen LogP contribution in [-0.4, -0.2) is 23.2 Å². The average Bonchev–Trinajstić information content (AvgIpc) is 2.91. The number of aromatic carboxylic acids is 1. The third-order valence-corrected chi connectivity index (χ3v) is 3.02. The van der Waals surface area contributed by atoms with Crippen LogP contribution < -0.4 is 4.74 Å². The van der Waals surface area contributed by atoms with Crippen LogP contribution in [0.3, 0.4) is 0 Å². The van der Waals surface area contributed by atoms with Crippen molar-refractivity contribution in [2.75, 3.05) is 7.11 Å². The maximum atomic E-state index is 11.3. The second-order valence-electron chi connectivity index (χ2n) is 4.19. The Hall–Kier alpha value is -2.53. The van der Waals surface area contributed by atoms with Gasteiger partial charge in [-0.3, -0.25) is 4.98 Å². The van der Waals surface area contributed by atoms with Gasteiger partial charge in [0, 0.05) is 11.6 Å². The molecule has 0 bridgehead atoms. The number of hydrogen-bond acceptors (Lipinski definition) is 4. The van der Waals surface area contributed by atoms with Gasteiger partial charge in [-0.2, -0.15) is 0 Å². The van der Waals surface area contributed by atoms with Gasteiger partial charge in [-0.05, 0) is 30.3 Å². The highest BCUT2D eigenvalue weighted by Gasteiger charge is 2.17. The molecule has 3 aromatic rings. The number of fused-ring (bicyclic) bond motifs is 1. The van der Waals surface area contributed by atoms with Gasteiger partial charge in [0.1, 0.15) is 5.69 Å². The molecule has 0 radical (unpaired) electrons. The minimum atomic E-state index is -1.01. The minimum absolute atomic E-state index is 0. The van der Waals surface area contributed by atoms with Crippen molar-refractivity contribution in [1.29, 1.82) is 0 Å². The summed E-state index contributed by atoms with van der Waals surface area (Å²) in [4.78, 5) is 15.5. The van der Waals surface area contributed by atoms with E-state index in [1.54, 1.807) is 30.5 Å². The van der Waals surface area contributed by atoms with Gasteiger partial charge in [0.25, 0.3) is 0 Å². The highest BCUT2D eigenvalue weighted by molar-refractivity contribution is 6.05. The molecule has 0 fully saturated rings. The van der Waals surface area contributed by atoms with Gasteiger partial charge in [-0.15, -0.1) is 12.4 Å². The van der Waals surface area contributed by atoms with E-state index in [0.717, 1.165) is 0 Å². The third-order valence-electron chi connectivity index (χ3n) is 3.02. The molecule has 0 aliphatic rings. The first-order chi connectivity index (χ1) is 9.70. The van der Waals surface area contributed by atoms with E-state index in [9.17, 15) is 9.90 Å². The van der Waals surface area contributed by atoms with Crippen LogP contribution in [0, 0.1) is 0 Å². The number of carbonyl (C=O) groups is 1. The molecule has 2 aromatic heterocycles. The molecule has 0 spiro atoms. The molecule has 6 heteroatoms. The van der Waals surface area contributed by atoms with Gasteiger partial charge < -0.3 is 14.3 Å². The lowest BCUT2D eigenvalue weighted by Crippen LogP contribution is -1.97. The lowest BCUT2D eigenvalue weighted by molar-refractivity contribution is 0.0699. The first-order valence-electron chi connectivity index (χ1n) is 5.96. The van der Waals surface area contributed by atoms with Crippen molar-refractivity contribution >= 4 is 29.3 Å². The Balaban J connectivity index is 0.00000161. The predicted octanol–water partition coefficient (Wildman–Crippen LogP) is 3.62. The topological polar surface area (TPSA) is 72.6 Å². The van der Waals surface area contributed by atoms with Crippen LogP contribution in [0.5, 0.6) is 5.75 Å². The van der Waals surface area contributed by atoms with Crippen molar-refractivity contribution in [3.05, 3.63) is 48.2 Å². The van der Waals surface area contributed by atoms with E-state index < -0.39 is 5.97 Å². The summed E-state index contributed by atoms with van der Waals surface area (Å²) >= 11 is 0. The number of nitrogens with zero attached hydrogens (tertiary/aromatic N) is 1. The van der Waals surface area contributed by atoms with Gasteiger partial charge in [-0.25, -0.2) is 4.79 Å². The molecule has 21 heavy (non-hydrogen) atoms. The van der Waals surface area contributed by atoms with E-state index in [2.05, 4.69) is 4.98 Å². The van der Waals surface area contributed by atoms with Crippen LogP contribution in [0.1, 0.15) is 10.4 Å². The molecular weight excluding hydrogens is 294 g/mol. The Bertz CT molecular complexity index is 783. The molecule has 0 amide bonds. The predicted molar refractivity (Wildman–Crippen MR) is 80.2 cm³/mol. The lowest BCUT2D eigenvalue weighted by Gasteiger charge is -2.02. The monoisotopic (exact) mass is 305 g/mol. The van der Waals surface area contributed by atoms with E-state index in [0.29, 0.717) is 28.2 Å². The molecule has 1 aromatic carbocycles. The van der Waals surface area contributed by atoms with Gasteiger partial charge in [-0.1, -0.05) is 6.07 Å². The van der Waals surface area contributed by atoms with E-state index >= 15 is 0 Å². The SMILES string of the molecule is COc1ccc(C(=O)O)c2cc(-c3ccccn3)oc12.Cl. The number of furan rings is 1. The number of carboxylic acid groups (broad SMARTS) is 1. The molecule has 0 aliphatic heterocycles. The number of pyridine rings is 1. The standard InChI is InChI=1S/C15H11NO4.ClH/c1-19-12-6-5-9(15(17)18)10-8-13(20-14(10)12)11-4-2-3-7-16-11;/h2-8H,1H3,(H,17,18);1H. The molecule has 0 saturated carbocycles. The normalized spacial score (nSPS) is 10.1. The summed E-state index contributed by atoms with van der Waals surface area (Å²) in [6, 6.07) is 10.2. The van der Waals surface area contributed by atoms with Crippen molar-refractivity contribution in [3.8, 4) is 17.2 Å². The third kappa shape index (κ3) is 2.55. The number of carboxylic acids is 1. The number of rotatable bonds is 3. The summed E-state index contributed by atoms with van der Waals surface area (Å²) in [7, 11) is 1.51. The second kappa shape index (κ2) is 5.85. The zero-order chi connectivity index (χ0) is 14.1. The van der Waals surface area contributed by atoms with Crippen LogP contribution in [0.15, 0.2) is 47.0 Å². The van der Waals surface area contributed by atoms with Crippen molar-refractivity contribution < 1.29 is 19.1 Å². The number of methoxy groups -OCH3 is 1. The molecule has 2 heterocycles. The van der Waals surface area contributed by atoms with E-state index in [4.69, 9.17) is 9.15 Å². The zero-order valence-corrected chi connectivity index (χ0v) is 11.9. The Labute approximate surface area is 126 Å². The number of hydrogen-bond donors (Lipinski definition) is 1. The summed E-state index contributed by atoms with van der Waals surface area (Å²) in [5, 5.41) is 9.73. The average molecular weight is 306 g/mol. The maximum absolute atomic E-state index is 11.3. The van der Waals surface area contributed by atoms with Crippen LogP contribution >= 0.6 is 12.4 Å². The van der Waals surface area contributed by atoms with Crippen LogP contribution in [-0.2, 0) is 0 Å². The number of halogens is 1. The van der Waals surface area contributed by atoms with E-state index in [1.165, 1.54) is 13.2 Å². The molecule has 0 aliphatic carbocycles. The minimum Gasteiger partial charge on any atom is -0.493 e. The van der Waals surface area contributed by atoms with Crippen molar-refractivity contribution in [3.63, 3.8) is 0 Å². The molecule has 5 nitrogen and oxygen atoms in total. The lowest BCUT2D eigenvalue weighted by atomic mass is 10.1. The quantitative estimate of drug-likeness (QED) is 0.800. The second-order valence-corrected chi connectivity index (χ2v) is 4.19. The molecule has 0 saturated heterocycles. The highest BCUT2D eigenvalue weighted by atomic mass is 35.5. The van der Waals surface area contributed by atoms with Crippen molar-refractivity contribution in [2.24, 2.45) is 0 Å². The Kier molecular flexibility index (Phi) is 4.14. The first-order valence-corrected chi connectivity index (χ1v) is 5.96. The Morgan fingerprint density at radius 2 is 2.10 bits per heavy atom. The Morgan fingerprint density at radius 3 is 2.71 bits per heavy atom. The summed E-state index contributed by atoms with van der Waals surface area (Å²) in [5.41, 5.74) is 1.22. The van der Waals surface area contributed by atoms with Crippen molar-refractivity contribution in [1.82, 2.24) is 4.98 Å². The molecule has 0 unspecified atom stereocenters. The van der Waals surface area contributed by atoms with E-state index in [1.807, 2.05) is 6.07 Å². The fourth-order valence-corrected chi connectivity index (χ4v) is 2.08. The van der Waals surface area contributed by atoms with E-state index in [-0.39, 0.29) is 18.0 Å². The highest BCUT2D eigenvalue weighted by Crippen LogP contribution is 2.34. The van der Waals surface area contributed by atoms with Crippen molar-refractivity contribution in [2.45, 2.75) is 0 Å². The smallest absolute Gasteiger partial charge is 0.336 e. The Morgan fingerprint density at radius 1 is 1.29 bits per heavy atom. The van der Waals surface area contributed by atoms with Crippen LogP contribution in [0.2, 0.25) is 0 Å². The van der Waals surface area contributed by atoms with Crippen LogP contribution in [0.4, 0.5) is 0 Å². The molecule has 1 N–H and O–H groups in total. The molecular formula is C15H12ClNO4. The van der Waals surface area contributed by atoms with Gasteiger partial charge in [0.05, 0.1) is 12.7 Å². The fraction of sp³-hybridized carbons (Fsp3) is 0.0667.